The maximum atomic E-state index is 5.20. The zero-order valence-electron chi connectivity index (χ0n) is 9.63. The van der Waals surface area contributed by atoms with Gasteiger partial charge in [-0.3, -0.25) is 0 Å². The van der Waals surface area contributed by atoms with Gasteiger partial charge < -0.3 is 5.32 Å². The molecule has 0 aliphatic carbocycles. The molecule has 2 nitrogen and oxygen atoms in total. The van der Waals surface area contributed by atoms with Gasteiger partial charge in [-0.2, -0.15) is 0 Å². The summed E-state index contributed by atoms with van der Waals surface area (Å²) in [6, 6.07) is 0.383. The lowest BCUT2D eigenvalue weighted by Crippen LogP contribution is -2.19. The van der Waals surface area contributed by atoms with E-state index < -0.39 is 0 Å². The summed E-state index contributed by atoms with van der Waals surface area (Å²) in [7, 11) is 0. The van der Waals surface area contributed by atoms with Crippen molar-refractivity contribution >= 4 is 11.3 Å². The Morgan fingerprint density at radius 2 is 2.27 bits per heavy atom. The molecular weight excluding hydrogens is 204 g/mol. The highest BCUT2D eigenvalue weighted by molar-refractivity contribution is 7.11. The Hall–Kier alpha value is -0.850. The van der Waals surface area contributed by atoms with Gasteiger partial charge in [-0.15, -0.1) is 23.7 Å². The molecule has 1 N–H and O–H groups in total. The first-order valence-electron chi connectivity index (χ1n) is 5.26. The summed E-state index contributed by atoms with van der Waals surface area (Å²) < 4.78 is 0. The molecule has 0 saturated heterocycles. The Morgan fingerprint density at radius 3 is 2.80 bits per heavy atom. The lowest BCUT2D eigenvalue weighted by Gasteiger charge is -2.11. The summed E-state index contributed by atoms with van der Waals surface area (Å²) in [5.74, 6) is 2.65. The molecule has 3 heteroatoms. The Labute approximate surface area is 96.1 Å². The van der Waals surface area contributed by atoms with E-state index in [1.54, 1.807) is 11.3 Å². The number of aromatic nitrogens is 1. The summed E-state index contributed by atoms with van der Waals surface area (Å²) in [4.78, 5) is 5.76. The van der Waals surface area contributed by atoms with E-state index in [1.807, 2.05) is 6.92 Å². The molecule has 0 radical (unpaired) electrons. The zero-order chi connectivity index (χ0) is 11.3. The number of rotatable bonds is 5. The molecule has 1 unspecified atom stereocenters. The van der Waals surface area contributed by atoms with Crippen LogP contribution in [0.4, 0.5) is 0 Å². The second-order valence-corrected chi connectivity index (χ2v) is 4.90. The van der Waals surface area contributed by atoms with Crippen LogP contribution >= 0.6 is 11.3 Å². The van der Waals surface area contributed by atoms with Crippen molar-refractivity contribution in [1.82, 2.24) is 10.3 Å². The molecule has 1 atom stereocenters. The van der Waals surface area contributed by atoms with Gasteiger partial charge in [0.05, 0.1) is 10.7 Å². The first-order valence-corrected chi connectivity index (χ1v) is 6.07. The zero-order valence-corrected chi connectivity index (χ0v) is 10.4. The molecule has 1 aromatic heterocycles. The third-order valence-corrected chi connectivity index (χ3v) is 3.54. The molecule has 0 amide bonds. The molecule has 1 aromatic rings. The minimum atomic E-state index is 0.383. The third-order valence-electron chi connectivity index (χ3n) is 2.28. The maximum absolute atomic E-state index is 5.20. The normalized spacial score (nSPS) is 12.4. The number of hydrogen-bond acceptors (Lipinski definition) is 3. The Kier molecular flexibility index (Phi) is 4.80. The van der Waals surface area contributed by atoms with Gasteiger partial charge in [0.25, 0.3) is 0 Å². The van der Waals surface area contributed by atoms with Crippen LogP contribution in [-0.2, 0) is 0 Å². The van der Waals surface area contributed by atoms with Crippen molar-refractivity contribution in [3.8, 4) is 12.3 Å². The van der Waals surface area contributed by atoms with E-state index in [0.29, 0.717) is 6.04 Å². The molecule has 15 heavy (non-hydrogen) atoms. The van der Waals surface area contributed by atoms with Crippen LogP contribution in [-0.4, -0.2) is 11.5 Å². The van der Waals surface area contributed by atoms with Gasteiger partial charge in [0.2, 0.25) is 0 Å². The van der Waals surface area contributed by atoms with Crippen LogP contribution in [0.2, 0.25) is 0 Å². The molecule has 0 aliphatic rings. The van der Waals surface area contributed by atoms with E-state index in [1.165, 1.54) is 4.88 Å². The van der Waals surface area contributed by atoms with Crippen molar-refractivity contribution in [2.45, 2.75) is 39.7 Å². The number of terminal acetylenes is 1. The van der Waals surface area contributed by atoms with Crippen molar-refractivity contribution in [2.75, 3.05) is 6.54 Å². The summed E-state index contributed by atoms with van der Waals surface area (Å²) in [6.45, 7) is 7.27. The van der Waals surface area contributed by atoms with Gasteiger partial charge in [0.1, 0.15) is 0 Å². The summed E-state index contributed by atoms with van der Waals surface area (Å²) in [6.07, 6.45) is 7.09. The van der Waals surface area contributed by atoms with Gasteiger partial charge in [0.15, 0.2) is 0 Å². The quantitative estimate of drug-likeness (QED) is 0.612. The molecule has 0 saturated carbocycles. The highest BCUT2D eigenvalue weighted by atomic mass is 32.1. The van der Waals surface area contributed by atoms with Crippen molar-refractivity contribution in [3.05, 3.63) is 15.6 Å². The molecule has 1 rings (SSSR count). The average Bonchev–Trinajstić information content (AvgIpc) is 2.52. The topological polar surface area (TPSA) is 24.9 Å². The first-order chi connectivity index (χ1) is 7.15. The highest BCUT2D eigenvalue weighted by Gasteiger charge is 2.11. The number of aryl methyl sites for hydroxylation is 2. The number of nitrogens with one attached hydrogen (secondary N) is 1. The van der Waals surface area contributed by atoms with Crippen LogP contribution in [0.5, 0.6) is 0 Å². The SMILES string of the molecule is C#CCCCNC(C)c1sc(C)nc1C. The highest BCUT2D eigenvalue weighted by Crippen LogP contribution is 2.24. The molecule has 0 fully saturated rings. The second-order valence-electron chi connectivity index (χ2n) is 3.67. The summed E-state index contributed by atoms with van der Waals surface area (Å²) >= 11 is 1.77. The van der Waals surface area contributed by atoms with Gasteiger partial charge in [-0.1, -0.05) is 0 Å². The Balaban J connectivity index is 2.43. The Morgan fingerprint density at radius 1 is 1.53 bits per heavy atom. The van der Waals surface area contributed by atoms with E-state index in [4.69, 9.17) is 6.42 Å². The van der Waals surface area contributed by atoms with Crippen LogP contribution in [0, 0.1) is 26.2 Å². The number of hydrogen-bond donors (Lipinski definition) is 1. The molecule has 0 bridgehead atoms. The minimum absolute atomic E-state index is 0.383. The van der Waals surface area contributed by atoms with Crippen LogP contribution in [0.3, 0.4) is 0 Å². The standard InChI is InChI=1S/C12H18N2S/c1-5-6-7-8-13-9(2)12-10(3)14-11(4)15-12/h1,9,13H,6-8H2,2-4H3. The van der Waals surface area contributed by atoms with Crippen molar-refractivity contribution < 1.29 is 0 Å². The predicted octanol–water partition coefficient (Wildman–Crippen LogP) is 2.82. The Bertz CT molecular complexity index is 349. The van der Waals surface area contributed by atoms with Crippen LogP contribution in [0.1, 0.15) is 41.4 Å². The fourth-order valence-corrected chi connectivity index (χ4v) is 2.50. The van der Waals surface area contributed by atoms with Crippen molar-refractivity contribution in [3.63, 3.8) is 0 Å². The monoisotopic (exact) mass is 222 g/mol. The molecule has 82 valence electrons. The lowest BCUT2D eigenvalue weighted by atomic mass is 10.2. The van der Waals surface area contributed by atoms with E-state index >= 15 is 0 Å². The van der Waals surface area contributed by atoms with Crippen LogP contribution in [0.15, 0.2) is 0 Å². The van der Waals surface area contributed by atoms with E-state index in [9.17, 15) is 0 Å². The number of nitrogens with zero attached hydrogens (tertiary/aromatic N) is 1. The molecule has 0 aromatic carbocycles. The van der Waals surface area contributed by atoms with Gasteiger partial charge in [-0.25, -0.2) is 4.98 Å². The lowest BCUT2D eigenvalue weighted by molar-refractivity contribution is 0.567. The second kappa shape index (κ2) is 5.89. The van der Waals surface area contributed by atoms with Gasteiger partial charge >= 0.3 is 0 Å². The van der Waals surface area contributed by atoms with Crippen molar-refractivity contribution in [2.24, 2.45) is 0 Å². The number of thiazole rings is 1. The summed E-state index contributed by atoms with van der Waals surface area (Å²) in [5.41, 5.74) is 1.15. The number of unbranched alkanes of at least 4 members (excludes halogenated alkanes) is 1. The minimum Gasteiger partial charge on any atom is -0.309 e. The molecular formula is C12H18N2S. The molecule has 0 spiro atoms. The average molecular weight is 222 g/mol. The molecule has 1 heterocycles. The summed E-state index contributed by atoms with van der Waals surface area (Å²) in [5, 5.41) is 4.60. The van der Waals surface area contributed by atoms with Crippen LogP contribution < -0.4 is 5.32 Å². The third kappa shape index (κ3) is 3.65. The van der Waals surface area contributed by atoms with Gasteiger partial charge in [-0.05, 0) is 33.7 Å². The fourth-order valence-electron chi connectivity index (χ4n) is 1.55. The van der Waals surface area contributed by atoms with E-state index in [0.717, 1.165) is 30.1 Å². The smallest absolute Gasteiger partial charge is 0.0900 e. The van der Waals surface area contributed by atoms with E-state index in [2.05, 4.69) is 30.1 Å². The van der Waals surface area contributed by atoms with Gasteiger partial charge in [0, 0.05) is 17.3 Å². The van der Waals surface area contributed by atoms with Crippen LogP contribution in [0.25, 0.3) is 0 Å². The first kappa shape index (κ1) is 12.2. The molecule has 0 aliphatic heterocycles. The van der Waals surface area contributed by atoms with Crippen molar-refractivity contribution in [1.29, 1.82) is 0 Å². The predicted molar refractivity (Wildman–Crippen MR) is 66.1 cm³/mol. The largest absolute Gasteiger partial charge is 0.309 e. The van der Waals surface area contributed by atoms with E-state index in [-0.39, 0.29) is 0 Å². The fraction of sp³-hybridized carbons (Fsp3) is 0.583. The maximum Gasteiger partial charge on any atom is 0.0900 e.